The fraction of sp³-hybridized carbons (Fsp3) is 0.562. The van der Waals surface area contributed by atoms with Gasteiger partial charge in [-0.25, -0.2) is 0 Å². The molecule has 0 radical (unpaired) electrons. The number of amides is 1. The minimum absolute atomic E-state index is 0.0899. The van der Waals surface area contributed by atoms with E-state index in [1.807, 2.05) is 4.90 Å². The van der Waals surface area contributed by atoms with Crippen molar-refractivity contribution in [3.05, 3.63) is 35.4 Å². The molecule has 2 aliphatic rings. The van der Waals surface area contributed by atoms with Gasteiger partial charge in [0, 0.05) is 32.2 Å². The molecule has 1 unspecified atom stereocenters. The normalized spacial score (nSPS) is 23.4. The molecule has 0 spiro atoms. The highest BCUT2D eigenvalue weighted by molar-refractivity contribution is 5.78. The first-order valence-electron chi connectivity index (χ1n) is 7.56. The summed E-state index contributed by atoms with van der Waals surface area (Å²) in [7, 11) is 0. The predicted octanol–water partition coefficient (Wildman–Crippen LogP) is 0.994. The Balaban J connectivity index is 1.67. The van der Waals surface area contributed by atoms with Crippen molar-refractivity contribution in [2.45, 2.75) is 31.8 Å². The van der Waals surface area contributed by atoms with Crippen molar-refractivity contribution in [2.24, 2.45) is 5.73 Å². The Hall–Kier alpha value is -1.39. The van der Waals surface area contributed by atoms with E-state index in [1.165, 1.54) is 17.5 Å². The summed E-state index contributed by atoms with van der Waals surface area (Å²) in [5.41, 5.74) is 8.41. The number of rotatable bonds is 2. The first-order chi connectivity index (χ1) is 9.78. The van der Waals surface area contributed by atoms with E-state index < -0.39 is 0 Å². The van der Waals surface area contributed by atoms with E-state index in [0.29, 0.717) is 6.04 Å². The maximum atomic E-state index is 11.8. The third kappa shape index (κ3) is 2.72. The van der Waals surface area contributed by atoms with Gasteiger partial charge in [-0.3, -0.25) is 9.69 Å². The number of hydrogen-bond donors (Lipinski definition) is 1. The van der Waals surface area contributed by atoms with Crippen LogP contribution in [0.5, 0.6) is 0 Å². The van der Waals surface area contributed by atoms with Crippen molar-refractivity contribution in [3.8, 4) is 0 Å². The molecule has 108 valence electrons. The Labute approximate surface area is 120 Å². The highest BCUT2D eigenvalue weighted by atomic mass is 16.2. The molecule has 1 saturated heterocycles. The van der Waals surface area contributed by atoms with E-state index >= 15 is 0 Å². The van der Waals surface area contributed by atoms with E-state index in [-0.39, 0.29) is 12.5 Å². The zero-order valence-corrected chi connectivity index (χ0v) is 11.9. The number of benzene rings is 1. The van der Waals surface area contributed by atoms with Gasteiger partial charge in [-0.05, 0) is 30.4 Å². The molecule has 4 nitrogen and oxygen atoms in total. The number of piperidine rings is 1. The molecule has 2 heterocycles. The van der Waals surface area contributed by atoms with Gasteiger partial charge in [-0.15, -0.1) is 0 Å². The summed E-state index contributed by atoms with van der Waals surface area (Å²) in [6, 6.07) is 9.20. The van der Waals surface area contributed by atoms with Crippen LogP contribution in [0.3, 0.4) is 0 Å². The zero-order chi connectivity index (χ0) is 13.9. The van der Waals surface area contributed by atoms with Crippen molar-refractivity contribution >= 4 is 5.91 Å². The number of likely N-dealkylation sites (tertiary alicyclic amines) is 1. The van der Waals surface area contributed by atoms with Crippen molar-refractivity contribution in [2.75, 3.05) is 26.2 Å². The molecule has 4 heteroatoms. The van der Waals surface area contributed by atoms with Crippen molar-refractivity contribution in [1.29, 1.82) is 0 Å². The van der Waals surface area contributed by atoms with Crippen molar-refractivity contribution < 1.29 is 4.79 Å². The molecule has 20 heavy (non-hydrogen) atoms. The molecule has 0 bridgehead atoms. The number of nitrogens with zero attached hydrogens (tertiary/aromatic N) is 2. The lowest BCUT2D eigenvalue weighted by atomic mass is 9.96. The maximum absolute atomic E-state index is 11.8. The van der Waals surface area contributed by atoms with E-state index in [0.717, 1.165) is 39.0 Å². The molecular formula is C16H23N3O. The molecule has 1 aromatic rings. The summed E-state index contributed by atoms with van der Waals surface area (Å²) >= 11 is 0. The lowest BCUT2D eigenvalue weighted by Crippen LogP contribution is -2.52. The van der Waals surface area contributed by atoms with Crippen LogP contribution in [0.1, 0.15) is 24.0 Å². The SMILES string of the molecule is NCC(=O)N1CCCC(N2CCc3ccccc3C2)C1. The molecular weight excluding hydrogens is 250 g/mol. The van der Waals surface area contributed by atoms with Crippen molar-refractivity contribution in [1.82, 2.24) is 9.80 Å². The van der Waals surface area contributed by atoms with Gasteiger partial charge < -0.3 is 10.6 Å². The lowest BCUT2D eigenvalue weighted by Gasteiger charge is -2.41. The highest BCUT2D eigenvalue weighted by Gasteiger charge is 2.29. The fourth-order valence-corrected chi connectivity index (χ4v) is 3.44. The van der Waals surface area contributed by atoms with Crippen LogP contribution in [0.2, 0.25) is 0 Å². The second-order valence-corrected chi connectivity index (χ2v) is 5.83. The highest BCUT2D eigenvalue weighted by Crippen LogP contribution is 2.24. The minimum atomic E-state index is 0.0899. The summed E-state index contributed by atoms with van der Waals surface area (Å²) in [6.07, 6.45) is 3.41. The second-order valence-electron chi connectivity index (χ2n) is 5.83. The maximum Gasteiger partial charge on any atom is 0.236 e. The van der Waals surface area contributed by atoms with Gasteiger partial charge in [0.1, 0.15) is 0 Å². The van der Waals surface area contributed by atoms with E-state index in [2.05, 4.69) is 29.2 Å². The molecule has 1 aromatic carbocycles. The molecule has 3 rings (SSSR count). The minimum Gasteiger partial charge on any atom is -0.340 e. The third-order valence-corrected chi connectivity index (χ3v) is 4.60. The number of carbonyl (C=O) groups is 1. The predicted molar refractivity (Wildman–Crippen MR) is 79.2 cm³/mol. The number of nitrogens with two attached hydrogens (primary N) is 1. The largest absolute Gasteiger partial charge is 0.340 e. The Morgan fingerprint density at radius 1 is 1.25 bits per heavy atom. The Bertz CT molecular complexity index is 488. The summed E-state index contributed by atoms with van der Waals surface area (Å²) in [6.45, 7) is 3.97. The standard InChI is InChI=1S/C16H23N3O/c17-10-16(20)19-8-3-6-15(12-19)18-9-7-13-4-1-2-5-14(13)11-18/h1-2,4-5,15H,3,6-12,17H2. The number of hydrogen-bond acceptors (Lipinski definition) is 3. The zero-order valence-electron chi connectivity index (χ0n) is 11.9. The Kier molecular flexibility index (Phi) is 4.03. The Morgan fingerprint density at radius 3 is 2.85 bits per heavy atom. The average molecular weight is 273 g/mol. The third-order valence-electron chi connectivity index (χ3n) is 4.60. The molecule has 2 aliphatic heterocycles. The van der Waals surface area contributed by atoms with Crippen LogP contribution in [0.4, 0.5) is 0 Å². The van der Waals surface area contributed by atoms with Gasteiger partial charge in [0.05, 0.1) is 6.54 Å². The topological polar surface area (TPSA) is 49.6 Å². The molecule has 0 aromatic heterocycles. The average Bonchev–Trinajstić information content (AvgIpc) is 2.53. The van der Waals surface area contributed by atoms with Crippen LogP contribution in [0.25, 0.3) is 0 Å². The fourth-order valence-electron chi connectivity index (χ4n) is 3.44. The molecule has 1 atom stereocenters. The van der Waals surface area contributed by atoms with Crippen LogP contribution in [0, 0.1) is 0 Å². The van der Waals surface area contributed by atoms with Gasteiger partial charge in [-0.1, -0.05) is 24.3 Å². The summed E-state index contributed by atoms with van der Waals surface area (Å²) in [4.78, 5) is 16.3. The lowest BCUT2D eigenvalue weighted by molar-refractivity contribution is -0.131. The van der Waals surface area contributed by atoms with Gasteiger partial charge >= 0.3 is 0 Å². The first-order valence-corrected chi connectivity index (χ1v) is 7.56. The van der Waals surface area contributed by atoms with Gasteiger partial charge in [0.2, 0.25) is 5.91 Å². The molecule has 1 amide bonds. The summed E-state index contributed by atoms with van der Waals surface area (Å²) < 4.78 is 0. The number of carbonyl (C=O) groups excluding carboxylic acids is 1. The smallest absolute Gasteiger partial charge is 0.236 e. The second kappa shape index (κ2) is 5.94. The van der Waals surface area contributed by atoms with Crippen LogP contribution >= 0.6 is 0 Å². The van der Waals surface area contributed by atoms with Gasteiger partial charge in [-0.2, -0.15) is 0 Å². The first kappa shape index (κ1) is 13.6. The van der Waals surface area contributed by atoms with E-state index in [1.54, 1.807) is 0 Å². The van der Waals surface area contributed by atoms with Crippen LogP contribution < -0.4 is 5.73 Å². The summed E-state index contributed by atoms with van der Waals surface area (Å²) in [5, 5.41) is 0. The van der Waals surface area contributed by atoms with Gasteiger partial charge in [0.25, 0.3) is 0 Å². The van der Waals surface area contributed by atoms with Crippen LogP contribution in [-0.2, 0) is 17.8 Å². The monoisotopic (exact) mass is 273 g/mol. The molecule has 0 aliphatic carbocycles. The molecule has 0 saturated carbocycles. The van der Waals surface area contributed by atoms with Crippen molar-refractivity contribution in [3.63, 3.8) is 0 Å². The van der Waals surface area contributed by atoms with Gasteiger partial charge in [0.15, 0.2) is 0 Å². The van der Waals surface area contributed by atoms with E-state index in [4.69, 9.17) is 5.73 Å². The Morgan fingerprint density at radius 2 is 2.05 bits per heavy atom. The quantitative estimate of drug-likeness (QED) is 0.874. The van der Waals surface area contributed by atoms with E-state index in [9.17, 15) is 4.79 Å². The van der Waals surface area contributed by atoms with Crippen LogP contribution in [0.15, 0.2) is 24.3 Å². The molecule has 2 N–H and O–H groups in total. The molecule has 1 fully saturated rings. The van der Waals surface area contributed by atoms with Crippen LogP contribution in [-0.4, -0.2) is 47.9 Å². The summed E-state index contributed by atoms with van der Waals surface area (Å²) in [5.74, 6) is 0.0899. The number of fused-ring (bicyclic) bond motifs is 1.